The molecule has 3 nitrogen and oxygen atoms in total. The van der Waals surface area contributed by atoms with Gasteiger partial charge >= 0.3 is 0 Å². The Labute approximate surface area is 139 Å². The Kier molecular flexibility index (Phi) is 6.01. The number of nitrogens with one attached hydrogen (secondary N) is 1. The second kappa shape index (κ2) is 7.99. The molecule has 0 aliphatic heterocycles. The van der Waals surface area contributed by atoms with Gasteiger partial charge in [0.15, 0.2) is 6.61 Å². The van der Waals surface area contributed by atoms with Crippen LogP contribution in [0.1, 0.15) is 31.0 Å². The van der Waals surface area contributed by atoms with Gasteiger partial charge in [0, 0.05) is 4.47 Å². The van der Waals surface area contributed by atoms with Crippen molar-refractivity contribution in [1.82, 2.24) is 5.32 Å². The molecule has 4 heteroatoms. The molecule has 0 bridgehead atoms. The molecule has 0 aliphatic carbocycles. The first-order valence-corrected chi connectivity index (χ1v) is 8.15. The molecule has 1 N–H and O–H groups in total. The minimum atomic E-state index is -0.136. The third-order valence-corrected chi connectivity index (χ3v) is 4.17. The lowest BCUT2D eigenvalue weighted by Gasteiger charge is -2.16. The van der Waals surface area contributed by atoms with Crippen molar-refractivity contribution in [3.05, 3.63) is 64.1 Å². The van der Waals surface area contributed by atoms with E-state index in [1.807, 2.05) is 55.5 Å². The Morgan fingerprint density at radius 2 is 1.86 bits per heavy atom. The molecule has 0 radical (unpaired) electrons. The van der Waals surface area contributed by atoms with Crippen molar-refractivity contribution in [2.75, 3.05) is 6.61 Å². The first-order valence-electron chi connectivity index (χ1n) is 7.35. The monoisotopic (exact) mass is 361 g/mol. The smallest absolute Gasteiger partial charge is 0.258 e. The van der Waals surface area contributed by atoms with E-state index in [2.05, 4.69) is 28.2 Å². The van der Waals surface area contributed by atoms with E-state index in [0.29, 0.717) is 5.75 Å². The van der Waals surface area contributed by atoms with Crippen LogP contribution in [0.3, 0.4) is 0 Å². The van der Waals surface area contributed by atoms with Crippen LogP contribution in [-0.4, -0.2) is 12.5 Å². The van der Waals surface area contributed by atoms with Crippen molar-refractivity contribution in [2.45, 2.75) is 26.3 Å². The molecule has 0 spiro atoms. The number of ether oxygens (including phenoxy) is 1. The second-order valence-corrected chi connectivity index (χ2v) is 5.95. The topological polar surface area (TPSA) is 38.3 Å². The molecule has 2 rings (SSSR count). The van der Waals surface area contributed by atoms with Gasteiger partial charge in [0.2, 0.25) is 0 Å². The highest BCUT2D eigenvalue weighted by atomic mass is 79.9. The number of aryl methyl sites for hydroxylation is 1. The number of carbonyl (C=O) groups is 1. The van der Waals surface area contributed by atoms with E-state index in [1.165, 1.54) is 5.56 Å². The van der Waals surface area contributed by atoms with Crippen LogP contribution < -0.4 is 10.1 Å². The van der Waals surface area contributed by atoms with E-state index in [-0.39, 0.29) is 18.6 Å². The third-order valence-electron chi connectivity index (χ3n) is 3.45. The van der Waals surface area contributed by atoms with Crippen molar-refractivity contribution in [3.8, 4) is 5.75 Å². The van der Waals surface area contributed by atoms with Gasteiger partial charge in [-0.25, -0.2) is 0 Å². The molecule has 0 saturated carbocycles. The fraction of sp³-hybridized carbons (Fsp3) is 0.278. The Balaban J connectivity index is 1.86. The molecular formula is C18H20BrNO2. The van der Waals surface area contributed by atoms with Crippen molar-refractivity contribution < 1.29 is 9.53 Å². The van der Waals surface area contributed by atoms with Gasteiger partial charge in [-0.15, -0.1) is 0 Å². The van der Waals surface area contributed by atoms with E-state index in [1.54, 1.807) is 0 Å². The second-order valence-electron chi connectivity index (χ2n) is 5.10. The highest BCUT2D eigenvalue weighted by molar-refractivity contribution is 9.10. The maximum atomic E-state index is 12.0. The van der Waals surface area contributed by atoms with Crippen LogP contribution in [0, 0.1) is 0 Å². The highest BCUT2D eigenvalue weighted by Crippen LogP contribution is 2.22. The lowest BCUT2D eigenvalue weighted by Crippen LogP contribution is -2.31. The van der Waals surface area contributed by atoms with Crippen molar-refractivity contribution >= 4 is 21.8 Å². The Bertz CT molecular complexity index is 625. The molecule has 0 aromatic heterocycles. The highest BCUT2D eigenvalue weighted by Gasteiger charge is 2.12. The lowest BCUT2D eigenvalue weighted by atomic mass is 10.1. The summed E-state index contributed by atoms with van der Waals surface area (Å²) in [5, 5.41) is 2.94. The molecular weight excluding hydrogens is 342 g/mol. The van der Waals surface area contributed by atoms with Crippen LogP contribution in [0.2, 0.25) is 0 Å². The molecule has 2 aromatic carbocycles. The SMILES string of the molecule is CCc1ccc(OCC(=O)NC(C)c2ccccc2Br)cc1. The Hall–Kier alpha value is -1.81. The average molecular weight is 362 g/mol. The van der Waals surface area contributed by atoms with Crippen LogP contribution >= 0.6 is 15.9 Å². The average Bonchev–Trinajstić information content (AvgIpc) is 2.53. The molecule has 0 fully saturated rings. The summed E-state index contributed by atoms with van der Waals surface area (Å²) in [7, 11) is 0. The summed E-state index contributed by atoms with van der Waals surface area (Å²) in [5.74, 6) is 0.573. The van der Waals surface area contributed by atoms with Gasteiger partial charge in [-0.3, -0.25) is 4.79 Å². The molecule has 0 saturated heterocycles. The number of amides is 1. The zero-order valence-corrected chi connectivity index (χ0v) is 14.4. The van der Waals surface area contributed by atoms with Gasteiger partial charge in [0.1, 0.15) is 5.75 Å². The fourth-order valence-electron chi connectivity index (χ4n) is 2.16. The van der Waals surface area contributed by atoms with E-state index in [0.717, 1.165) is 16.5 Å². The molecule has 0 aliphatic rings. The number of benzene rings is 2. The zero-order chi connectivity index (χ0) is 15.9. The lowest BCUT2D eigenvalue weighted by molar-refractivity contribution is -0.123. The summed E-state index contributed by atoms with van der Waals surface area (Å²) in [6, 6.07) is 15.6. The summed E-state index contributed by atoms with van der Waals surface area (Å²) in [6.45, 7) is 4.07. The van der Waals surface area contributed by atoms with Gasteiger partial charge in [0.25, 0.3) is 5.91 Å². The van der Waals surface area contributed by atoms with Gasteiger partial charge < -0.3 is 10.1 Å². The minimum Gasteiger partial charge on any atom is -0.484 e. The van der Waals surface area contributed by atoms with E-state index in [4.69, 9.17) is 4.74 Å². The van der Waals surface area contributed by atoms with Gasteiger partial charge in [0.05, 0.1) is 6.04 Å². The number of hydrogen-bond acceptors (Lipinski definition) is 2. The Morgan fingerprint density at radius 1 is 1.18 bits per heavy atom. The van der Waals surface area contributed by atoms with E-state index >= 15 is 0 Å². The van der Waals surface area contributed by atoms with Crippen LogP contribution in [0.4, 0.5) is 0 Å². The summed E-state index contributed by atoms with van der Waals surface area (Å²) >= 11 is 3.49. The summed E-state index contributed by atoms with van der Waals surface area (Å²) in [4.78, 5) is 12.0. The maximum Gasteiger partial charge on any atom is 0.258 e. The molecule has 1 amide bonds. The van der Waals surface area contributed by atoms with Crippen LogP contribution in [-0.2, 0) is 11.2 Å². The fourth-order valence-corrected chi connectivity index (χ4v) is 2.79. The quantitative estimate of drug-likeness (QED) is 0.834. The van der Waals surface area contributed by atoms with Gasteiger partial charge in [-0.2, -0.15) is 0 Å². The summed E-state index contributed by atoms with van der Waals surface area (Å²) in [5.41, 5.74) is 2.29. The predicted molar refractivity (Wildman–Crippen MR) is 92.0 cm³/mol. The Morgan fingerprint density at radius 3 is 2.50 bits per heavy atom. The van der Waals surface area contributed by atoms with Crippen LogP contribution in [0.25, 0.3) is 0 Å². The molecule has 0 heterocycles. The molecule has 2 aromatic rings. The first-order chi connectivity index (χ1) is 10.6. The summed E-state index contributed by atoms with van der Waals surface area (Å²) in [6.07, 6.45) is 0.990. The normalized spacial score (nSPS) is 11.8. The number of carbonyl (C=O) groups excluding carboxylic acids is 1. The molecule has 1 atom stereocenters. The van der Waals surface area contributed by atoms with Crippen molar-refractivity contribution in [2.24, 2.45) is 0 Å². The van der Waals surface area contributed by atoms with Gasteiger partial charge in [-0.05, 0) is 42.7 Å². The number of rotatable bonds is 6. The van der Waals surface area contributed by atoms with Crippen LogP contribution in [0.15, 0.2) is 53.0 Å². The van der Waals surface area contributed by atoms with Crippen molar-refractivity contribution in [1.29, 1.82) is 0 Å². The first kappa shape index (κ1) is 16.6. The zero-order valence-electron chi connectivity index (χ0n) is 12.8. The number of hydrogen-bond donors (Lipinski definition) is 1. The largest absolute Gasteiger partial charge is 0.484 e. The number of halogens is 1. The predicted octanol–water partition coefficient (Wildman–Crippen LogP) is 4.27. The third kappa shape index (κ3) is 4.60. The minimum absolute atomic E-state index is 0.0142. The molecule has 1 unspecified atom stereocenters. The summed E-state index contributed by atoms with van der Waals surface area (Å²) < 4.78 is 6.50. The maximum absolute atomic E-state index is 12.0. The van der Waals surface area contributed by atoms with Crippen LogP contribution in [0.5, 0.6) is 5.75 Å². The van der Waals surface area contributed by atoms with Gasteiger partial charge in [-0.1, -0.05) is 53.2 Å². The van der Waals surface area contributed by atoms with E-state index < -0.39 is 0 Å². The van der Waals surface area contributed by atoms with E-state index in [9.17, 15) is 4.79 Å². The molecule has 116 valence electrons. The standard InChI is InChI=1S/C18H20BrNO2/c1-3-14-8-10-15(11-9-14)22-12-18(21)20-13(2)16-6-4-5-7-17(16)19/h4-11,13H,3,12H2,1-2H3,(H,20,21). The van der Waals surface area contributed by atoms with Crippen molar-refractivity contribution in [3.63, 3.8) is 0 Å². The molecule has 22 heavy (non-hydrogen) atoms.